The summed E-state index contributed by atoms with van der Waals surface area (Å²) in [5.74, 6) is 0.599. The van der Waals surface area contributed by atoms with Gasteiger partial charge in [-0.25, -0.2) is 15.0 Å². The Kier molecular flexibility index (Phi) is 3.82. The third-order valence-electron chi connectivity index (χ3n) is 4.15. The minimum Gasteiger partial charge on any atom is -0.341 e. The van der Waals surface area contributed by atoms with Crippen molar-refractivity contribution in [2.75, 3.05) is 23.3 Å². The molecule has 0 bridgehead atoms. The molecule has 3 heterocycles. The van der Waals surface area contributed by atoms with Gasteiger partial charge < -0.3 is 14.8 Å². The average Bonchev–Trinajstić information content (AvgIpc) is 3.26. The van der Waals surface area contributed by atoms with E-state index in [1.54, 1.807) is 18.7 Å². The maximum Gasteiger partial charge on any atom is 0.244 e. The van der Waals surface area contributed by atoms with Crippen molar-refractivity contribution in [1.82, 2.24) is 19.5 Å². The summed E-state index contributed by atoms with van der Waals surface area (Å²) in [5.41, 5.74) is 2.42. The average molecular weight is 322 g/mol. The number of aromatic nitrogens is 4. The van der Waals surface area contributed by atoms with E-state index in [1.165, 1.54) is 12.8 Å². The van der Waals surface area contributed by atoms with Crippen LogP contribution in [0.15, 0.2) is 43.0 Å². The molecule has 1 saturated heterocycles. The molecule has 1 amide bonds. The normalized spacial score (nSPS) is 14.2. The molecule has 0 spiro atoms. The van der Waals surface area contributed by atoms with E-state index in [4.69, 9.17) is 0 Å². The maximum atomic E-state index is 12.2. The highest BCUT2D eigenvalue weighted by Crippen LogP contribution is 2.16. The molecule has 1 aliphatic heterocycles. The Morgan fingerprint density at radius 2 is 1.83 bits per heavy atom. The zero-order chi connectivity index (χ0) is 16.4. The predicted molar refractivity (Wildman–Crippen MR) is 91.8 cm³/mol. The first-order valence-corrected chi connectivity index (χ1v) is 8.06. The van der Waals surface area contributed by atoms with Gasteiger partial charge in [0.15, 0.2) is 0 Å². The van der Waals surface area contributed by atoms with E-state index >= 15 is 0 Å². The van der Waals surface area contributed by atoms with E-state index in [1.807, 2.05) is 28.8 Å². The number of nitrogens with one attached hydrogen (secondary N) is 1. The molecule has 122 valence electrons. The fourth-order valence-corrected chi connectivity index (χ4v) is 2.96. The van der Waals surface area contributed by atoms with Crippen LogP contribution >= 0.6 is 0 Å². The summed E-state index contributed by atoms with van der Waals surface area (Å²) in [6.45, 7) is 2.20. The Hall–Kier alpha value is -2.96. The molecule has 4 rings (SSSR count). The van der Waals surface area contributed by atoms with Crippen molar-refractivity contribution in [3.8, 4) is 0 Å². The summed E-state index contributed by atoms with van der Waals surface area (Å²) in [6, 6.07) is 7.74. The zero-order valence-corrected chi connectivity index (χ0v) is 13.2. The van der Waals surface area contributed by atoms with Crippen LogP contribution in [-0.4, -0.2) is 38.5 Å². The van der Waals surface area contributed by atoms with Gasteiger partial charge in [0, 0.05) is 13.1 Å². The molecule has 3 aromatic rings. The number of amides is 1. The zero-order valence-electron chi connectivity index (χ0n) is 13.2. The van der Waals surface area contributed by atoms with E-state index in [9.17, 15) is 4.79 Å². The Labute approximate surface area is 139 Å². The lowest BCUT2D eigenvalue weighted by atomic mass is 10.3. The SMILES string of the molecule is O=C(Cn1cnc2ccccc21)Nc1cnc(N2CCCC2)nc1. The number of fused-ring (bicyclic) bond motifs is 1. The Balaban J connectivity index is 1.42. The first-order valence-electron chi connectivity index (χ1n) is 8.06. The number of benzene rings is 1. The predicted octanol–water partition coefficient (Wildman–Crippen LogP) is 2.07. The maximum absolute atomic E-state index is 12.2. The third-order valence-corrected chi connectivity index (χ3v) is 4.15. The molecule has 2 aromatic heterocycles. The molecule has 0 unspecified atom stereocenters. The summed E-state index contributed by atoms with van der Waals surface area (Å²) < 4.78 is 1.82. The molecule has 0 radical (unpaired) electrons. The second-order valence-corrected chi connectivity index (χ2v) is 5.88. The van der Waals surface area contributed by atoms with Crippen molar-refractivity contribution in [2.24, 2.45) is 0 Å². The highest BCUT2D eigenvalue weighted by molar-refractivity contribution is 5.91. The van der Waals surface area contributed by atoms with Crippen LogP contribution in [0.2, 0.25) is 0 Å². The lowest BCUT2D eigenvalue weighted by Gasteiger charge is -2.14. The summed E-state index contributed by atoms with van der Waals surface area (Å²) in [7, 11) is 0. The third kappa shape index (κ3) is 2.92. The van der Waals surface area contributed by atoms with Crippen LogP contribution < -0.4 is 10.2 Å². The van der Waals surface area contributed by atoms with Crippen LogP contribution in [0, 0.1) is 0 Å². The highest BCUT2D eigenvalue weighted by Gasteiger charge is 2.14. The first kappa shape index (κ1) is 14.6. The largest absolute Gasteiger partial charge is 0.341 e. The topological polar surface area (TPSA) is 75.9 Å². The van der Waals surface area contributed by atoms with Gasteiger partial charge in [-0.05, 0) is 25.0 Å². The number of anilines is 2. The van der Waals surface area contributed by atoms with Gasteiger partial charge >= 0.3 is 0 Å². The monoisotopic (exact) mass is 322 g/mol. The van der Waals surface area contributed by atoms with Crippen molar-refractivity contribution in [3.63, 3.8) is 0 Å². The van der Waals surface area contributed by atoms with Crippen LogP contribution in [0.3, 0.4) is 0 Å². The number of hydrogen-bond donors (Lipinski definition) is 1. The summed E-state index contributed by atoms with van der Waals surface area (Å²) >= 11 is 0. The molecule has 1 aliphatic rings. The minimum atomic E-state index is -0.129. The van der Waals surface area contributed by atoms with Crippen LogP contribution in [-0.2, 0) is 11.3 Å². The van der Waals surface area contributed by atoms with Gasteiger partial charge in [-0.2, -0.15) is 0 Å². The molecule has 0 atom stereocenters. The lowest BCUT2D eigenvalue weighted by molar-refractivity contribution is -0.116. The van der Waals surface area contributed by atoms with E-state index < -0.39 is 0 Å². The second kappa shape index (κ2) is 6.27. The molecule has 1 fully saturated rings. The van der Waals surface area contributed by atoms with Crippen LogP contribution in [0.5, 0.6) is 0 Å². The van der Waals surface area contributed by atoms with Gasteiger partial charge in [-0.3, -0.25) is 4.79 Å². The fourth-order valence-electron chi connectivity index (χ4n) is 2.96. The first-order chi connectivity index (χ1) is 11.8. The van der Waals surface area contributed by atoms with Crippen molar-refractivity contribution >= 4 is 28.6 Å². The molecule has 7 nitrogen and oxygen atoms in total. The Bertz CT molecular complexity index is 851. The van der Waals surface area contributed by atoms with Gasteiger partial charge in [0.25, 0.3) is 0 Å². The molecule has 1 aromatic carbocycles. The van der Waals surface area contributed by atoms with Crippen molar-refractivity contribution in [2.45, 2.75) is 19.4 Å². The number of carbonyl (C=O) groups excluding carboxylic acids is 1. The van der Waals surface area contributed by atoms with Gasteiger partial charge in [0.2, 0.25) is 11.9 Å². The van der Waals surface area contributed by atoms with Crippen LogP contribution in [0.25, 0.3) is 11.0 Å². The number of imidazole rings is 1. The number of rotatable bonds is 4. The minimum absolute atomic E-state index is 0.129. The van der Waals surface area contributed by atoms with Gasteiger partial charge in [-0.1, -0.05) is 12.1 Å². The summed E-state index contributed by atoms with van der Waals surface area (Å²) in [4.78, 5) is 27.4. The fraction of sp³-hybridized carbons (Fsp3) is 0.294. The molecular weight excluding hydrogens is 304 g/mol. The van der Waals surface area contributed by atoms with Crippen molar-refractivity contribution in [1.29, 1.82) is 0 Å². The quantitative estimate of drug-likeness (QED) is 0.796. The van der Waals surface area contributed by atoms with Crippen LogP contribution in [0.1, 0.15) is 12.8 Å². The van der Waals surface area contributed by atoms with Crippen molar-refractivity contribution in [3.05, 3.63) is 43.0 Å². The molecule has 0 aliphatic carbocycles. The Morgan fingerprint density at radius 1 is 1.08 bits per heavy atom. The molecule has 0 saturated carbocycles. The summed E-state index contributed by atoms with van der Waals surface area (Å²) in [6.07, 6.45) is 7.35. The van der Waals surface area contributed by atoms with E-state index in [0.29, 0.717) is 5.69 Å². The number of hydrogen-bond acceptors (Lipinski definition) is 5. The summed E-state index contributed by atoms with van der Waals surface area (Å²) in [5, 5.41) is 2.83. The lowest BCUT2D eigenvalue weighted by Crippen LogP contribution is -2.21. The molecule has 1 N–H and O–H groups in total. The Morgan fingerprint density at radius 3 is 2.62 bits per heavy atom. The number of para-hydroxylation sites is 2. The van der Waals surface area contributed by atoms with E-state index in [-0.39, 0.29) is 12.5 Å². The van der Waals surface area contributed by atoms with Crippen molar-refractivity contribution < 1.29 is 4.79 Å². The number of nitrogens with zero attached hydrogens (tertiary/aromatic N) is 5. The van der Waals surface area contributed by atoms with E-state index in [0.717, 1.165) is 30.1 Å². The standard InChI is InChI=1S/C17H18N6O/c24-16(11-23-12-20-14-5-1-2-6-15(14)23)21-13-9-18-17(19-10-13)22-7-3-4-8-22/h1-2,5-6,9-10,12H,3-4,7-8,11H2,(H,21,24). The second-order valence-electron chi connectivity index (χ2n) is 5.88. The number of carbonyl (C=O) groups is 1. The smallest absolute Gasteiger partial charge is 0.244 e. The van der Waals surface area contributed by atoms with E-state index in [2.05, 4.69) is 25.2 Å². The van der Waals surface area contributed by atoms with Gasteiger partial charge in [0.05, 0.1) is 35.4 Å². The van der Waals surface area contributed by atoms with Crippen LogP contribution in [0.4, 0.5) is 11.6 Å². The molecular formula is C17H18N6O. The highest BCUT2D eigenvalue weighted by atomic mass is 16.1. The van der Waals surface area contributed by atoms with Gasteiger partial charge in [0.1, 0.15) is 6.54 Å². The molecule has 7 heteroatoms. The van der Waals surface area contributed by atoms with Gasteiger partial charge in [-0.15, -0.1) is 0 Å². The molecule has 24 heavy (non-hydrogen) atoms.